The van der Waals surface area contributed by atoms with Crippen LogP contribution < -0.4 is 10.5 Å². The first-order valence-electron chi connectivity index (χ1n) is 5.88. The topological polar surface area (TPSA) is 35.2 Å². The molecule has 0 radical (unpaired) electrons. The van der Waals surface area contributed by atoms with E-state index in [1.54, 1.807) is 0 Å². The van der Waals surface area contributed by atoms with E-state index in [0.29, 0.717) is 6.54 Å². The van der Waals surface area contributed by atoms with Crippen molar-refractivity contribution in [1.82, 2.24) is 0 Å². The molecule has 0 saturated heterocycles. The Morgan fingerprint density at radius 2 is 1.75 bits per heavy atom. The Morgan fingerprint density at radius 1 is 1.19 bits per heavy atom. The zero-order chi connectivity index (χ0) is 12.2. The Kier molecular flexibility index (Phi) is 4.36. The van der Waals surface area contributed by atoms with Crippen LogP contribution in [0.4, 0.5) is 0 Å². The Morgan fingerprint density at radius 3 is 2.19 bits per heavy atom. The molecule has 0 aromatic heterocycles. The van der Waals surface area contributed by atoms with Crippen molar-refractivity contribution >= 4 is 0 Å². The molecular weight excluding hydrogens is 198 g/mol. The van der Waals surface area contributed by atoms with Gasteiger partial charge in [-0.15, -0.1) is 0 Å². The Bertz CT molecular complexity index is 314. The third-order valence-corrected chi connectivity index (χ3v) is 2.53. The standard InChI is InChI=1S/C14H23NO/c1-11(2)16-13-7-5-12(6-8-13)9-14(3,4)10-15/h5-8,11H,9-10,15H2,1-4H3. The molecule has 1 aromatic carbocycles. The van der Waals surface area contributed by atoms with E-state index in [9.17, 15) is 0 Å². The fourth-order valence-corrected chi connectivity index (χ4v) is 1.58. The van der Waals surface area contributed by atoms with Crippen LogP contribution in [-0.2, 0) is 6.42 Å². The largest absolute Gasteiger partial charge is 0.491 e. The van der Waals surface area contributed by atoms with Crippen molar-refractivity contribution in [3.63, 3.8) is 0 Å². The van der Waals surface area contributed by atoms with Crippen LogP contribution in [-0.4, -0.2) is 12.6 Å². The highest BCUT2D eigenvalue weighted by molar-refractivity contribution is 5.28. The van der Waals surface area contributed by atoms with E-state index in [1.807, 2.05) is 26.0 Å². The van der Waals surface area contributed by atoms with E-state index in [2.05, 4.69) is 26.0 Å². The maximum Gasteiger partial charge on any atom is 0.119 e. The summed E-state index contributed by atoms with van der Waals surface area (Å²) in [5.74, 6) is 0.935. The molecule has 0 unspecified atom stereocenters. The molecule has 0 atom stereocenters. The average Bonchev–Trinajstić information content (AvgIpc) is 2.20. The van der Waals surface area contributed by atoms with Crippen molar-refractivity contribution in [2.75, 3.05) is 6.54 Å². The zero-order valence-electron chi connectivity index (χ0n) is 10.8. The summed E-state index contributed by atoms with van der Waals surface area (Å²) in [6.45, 7) is 9.14. The monoisotopic (exact) mass is 221 g/mol. The lowest BCUT2D eigenvalue weighted by Crippen LogP contribution is -2.25. The van der Waals surface area contributed by atoms with Crippen LogP contribution >= 0.6 is 0 Å². The molecule has 0 spiro atoms. The van der Waals surface area contributed by atoms with Crippen molar-refractivity contribution in [3.8, 4) is 5.75 Å². The second kappa shape index (κ2) is 5.35. The van der Waals surface area contributed by atoms with Gasteiger partial charge in [-0.25, -0.2) is 0 Å². The molecule has 2 heteroatoms. The molecule has 1 rings (SSSR count). The lowest BCUT2D eigenvalue weighted by Gasteiger charge is -2.22. The van der Waals surface area contributed by atoms with Crippen molar-refractivity contribution in [3.05, 3.63) is 29.8 Å². The lowest BCUT2D eigenvalue weighted by molar-refractivity contribution is 0.242. The minimum atomic E-state index is 0.167. The summed E-state index contributed by atoms with van der Waals surface area (Å²) in [6.07, 6.45) is 1.23. The Balaban J connectivity index is 2.64. The highest BCUT2D eigenvalue weighted by Crippen LogP contribution is 2.22. The summed E-state index contributed by atoms with van der Waals surface area (Å²) in [5.41, 5.74) is 7.20. The number of hydrogen-bond donors (Lipinski definition) is 1. The van der Waals surface area contributed by atoms with E-state index >= 15 is 0 Å². The molecule has 2 N–H and O–H groups in total. The van der Waals surface area contributed by atoms with Gasteiger partial charge in [0.05, 0.1) is 6.10 Å². The van der Waals surface area contributed by atoms with Crippen LogP contribution in [0.1, 0.15) is 33.3 Å². The van der Waals surface area contributed by atoms with Gasteiger partial charge in [-0.2, -0.15) is 0 Å². The minimum absolute atomic E-state index is 0.167. The van der Waals surface area contributed by atoms with Crippen LogP contribution in [0.5, 0.6) is 5.75 Å². The minimum Gasteiger partial charge on any atom is -0.491 e. The van der Waals surface area contributed by atoms with Crippen LogP contribution in [0.15, 0.2) is 24.3 Å². The molecule has 1 aromatic rings. The Labute approximate surface area is 98.8 Å². The summed E-state index contributed by atoms with van der Waals surface area (Å²) in [4.78, 5) is 0. The molecule has 90 valence electrons. The third-order valence-electron chi connectivity index (χ3n) is 2.53. The second-order valence-corrected chi connectivity index (χ2v) is 5.36. The molecule has 0 aliphatic rings. The third kappa shape index (κ3) is 4.23. The molecule has 0 saturated carbocycles. The summed E-state index contributed by atoms with van der Waals surface area (Å²) in [6, 6.07) is 8.30. The number of rotatable bonds is 5. The van der Waals surface area contributed by atoms with E-state index in [-0.39, 0.29) is 11.5 Å². The van der Waals surface area contributed by atoms with Gasteiger partial charge in [-0.3, -0.25) is 0 Å². The number of hydrogen-bond acceptors (Lipinski definition) is 2. The normalized spacial score (nSPS) is 11.9. The van der Waals surface area contributed by atoms with Crippen molar-refractivity contribution in [2.24, 2.45) is 11.1 Å². The first-order valence-corrected chi connectivity index (χ1v) is 5.88. The maximum absolute atomic E-state index is 5.73. The Hall–Kier alpha value is -1.02. The summed E-state index contributed by atoms with van der Waals surface area (Å²) >= 11 is 0. The predicted molar refractivity (Wildman–Crippen MR) is 68.7 cm³/mol. The van der Waals surface area contributed by atoms with Gasteiger partial charge >= 0.3 is 0 Å². The van der Waals surface area contributed by atoms with E-state index in [1.165, 1.54) is 5.56 Å². The molecule has 0 fully saturated rings. The van der Waals surface area contributed by atoms with Gasteiger partial charge in [0.25, 0.3) is 0 Å². The molecule has 0 amide bonds. The van der Waals surface area contributed by atoms with Crippen molar-refractivity contribution in [1.29, 1.82) is 0 Å². The first kappa shape index (κ1) is 13.0. The smallest absolute Gasteiger partial charge is 0.119 e. The van der Waals surface area contributed by atoms with E-state index in [0.717, 1.165) is 12.2 Å². The average molecular weight is 221 g/mol. The molecule has 0 bridgehead atoms. The van der Waals surface area contributed by atoms with Crippen LogP contribution in [0.25, 0.3) is 0 Å². The predicted octanol–water partition coefficient (Wildman–Crippen LogP) is 3.00. The van der Waals surface area contributed by atoms with E-state index < -0.39 is 0 Å². The van der Waals surface area contributed by atoms with Gasteiger partial charge in [0.2, 0.25) is 0 Å². The number of benzene rings is 1. The number of ether oxygens (including phenoxy) is 1. The highest BCUT2D eigenvalue weighted by atomic mass is 16.5. The quantitative estimate of drug-likeness (QED) is 0.829. The molecule has 0 aliphatic heterocycles. The molecule has 0 aliphatic carbocycles. The second-order valence-electron chi connectivity index (χ2n) is 5.36. The molecule has 16 heavy (non-hydrogen) atoms. The first-order chi connectivity index (χ1) is 7.43. The molecule has 0 heterocycles. The van der Waals surface area contributed by atoms with Crippen LogP contribution in [0, 0.1) is 5.41 Å². The van der Waals surface area contributed by atoms with Gasteiger partial charge < -0.3 is 10.5 Å². The number of nitrogens with two attached hydrogens (primary N) is 1. The van der Waals surface area contributed by atoms with Crippen molar-refractivity contribution < 1.29 is 4.74 Å². The fraction of sp³-hybridized carbons (Fsp3) is 0.571. The van der Waals surface area contributed by atoms with Gasteiger partial charge in [0.1, 0.15) is 5.75 Å². The van der Waals surface area contributed by atoms with Crippen molar-refractivity contribution in [2.45, 2.75) is 40.2 Å². The highest BCUT2D eigenvalue weighted by Gasteiger charge is 2.15. The molecule has 2 nitrogen and oxygen atoms in total. The van der Waals surface area contributed by atoms with Gasteiger partial charge in [0, 0.05) is 0 Å². The molecular formula is C14H23NO. The van der Waals surface area contributed by atoms with E-state index in [4.69, 9.17) is 10.5 Å². The van der Waals surface area contributed by atoms with Gasteiger partial charge in [-0.1, -0.05) is 26.0 Å². The van der Waals surface area contributed by atoms with Gasteiger partial charge in [-0.05, 0) is 49.9 Å². The zero-order valence-corrected chi connectivity index (χ0v) is 10.8. The summed E-state index contributed by atoms with van der Waals surface area (Å²) < 4.78 is 5.60. The van der Waals surface area contributed by atoms with Gasteiger partial charge in [0.15, 0.2) is 0 Å². The summed E-state index contributed by atoms with van der Waals surface area (Å²) in [7, 11) is 0. The van der Waals surface area contributed by atoms with Crippen LogP contribution in [0.3, 0.4) is 0 Å². The SMILES string of the molecule is CC(C)Oc1ccc(CC(C)(C)CN)cc1. The van der Waals surface area contributed by atoms with Crippen LogP contribution in [0.2, 0.25) is 0 Å². The summed E-state index contributed by atoms with van der Waals surface area (Å²) in [5, 5.41) is 0. The lowest BCUT2D eigenvalue weighted by atomic mass is 9.86. The maximum atomic E-state index is 5.73. The fourth-order valence-electron chi connectivity index (χ4n) is 1.58.